The van der Waals surface area contributed by atoms with E-state index in [0.29, 0.717) is 11.5 Å². The number of aryl methyl sites for hydroxylation is 1. The van der Waals surface area contributed by atoms with Crippen LogP contribution in [0.15, 0.2) is 30.5 Å². The van der Waals surface area contributed by atoms with Crippen molar-refractivity contribution in [3.8, 4) is 22.6 Å². The Kier molecular flexibility index (Phi) is 2.30. The smallest absolute Gasteiger partial charge is 0.204 e. The Labute approximate surface area is 103 Å². The number of aromatic nitrogens is 6. The molecule has 3 aromatic rings. The summed E-state index contributed by atoms with van der Waals surface area (Å²) in [6.07, 6.45) is 1.64. The summed E-state index contributed by atoms with van der Waals surface area (Å²) < 4.78 is 1.74. The minimum Gasteiger partial charge on any atom is -0.396 e. The third-order valence-corrected chi connectivity index (χ3v) is 2.71. The molecule has 90 valence electrons. The second kappa shape index (κ2) is 3.95. The molecule has 0 saturated heterocycles. The Morgan fingerprint density at radius 2 is 2.11 bits per heavy atom. The van der Waals surface area contributed by atoms with Crippen molar-refractivity contribution in [3.05, 3.63) is 30.5 Å². The Morgan fingerprint density at radius 3 is 2.78 bits per heavy atom. The number of tetrazole rings is 1. The van der Waals surface area contributed by atoms with Crippen molar-refractivity contribution < 1.29 is 0 Å². The van der Waals surface area contributed by atoms with Gasteiger partial charge in [0, 0.05) is 18.2 Å². The molecule has 7 heteroatoms. The Balaban J connectivity index is 2.12. The van der Waals surface area contributed by atoms with Gasteiger partial charge in [-0.05, 0) is 11.3 Å². The lowest BCUT2D eigenvalue weighted by Gasteiger charge is -2.05. The zero-order chi connectivity index (χ0) is 12.5. The first kappa shape index (κ1) is 10.5. The number of nitrogens with zero attached hydrogens (tertiary/aromatic N) is 5. The highest BCUT2D eigenvalue weighted by atomic mass is 15.5. The molecule has 0 bridgehead atoms. The molecule has 2 aromatic heterocycles. The number of hydrogen-bond acceptors (Lipinski definition) is 5. The molecule has 7 nitrogen and oxygen atoms in total. The first-order valence-electron chi connectivity index (χ1n) is 5.37. The third-order valence-electron chi connectivity index (χ3n) is 2.71. The van der Waals surface area contributed by atoms with Crippen LogP contribution < -0.4 is 5.73 Å². The Bertz CT molecular complexity index is 649. The van der Waals surface area contributed by atoms with Crippen LogP contribution >= 0.6 is 0 Å². The fourth-order valence-corrected chi connectivity index (χ4v) is 1.90. The fraction of sp³-hybridized carbons (Fsp3) is 0.0909. The monoisotopic (exact) mass is 241 g/mol. The largest absolute Gasteiger partial charge is 0.396 e. The summed E-state index contributed by atoms with van der Waals surface area (Å²) in [5.74, 6) is 0.553. The summed E-state index contributed by atoms with van der Waals surface area (Å²) in [6.45, 7) is 0. The molecule has 3 rings (SSSR count). The number of rotatable bonds is 2. The average Bonchev–Trinajstić information content (AvgIpc) is 3.00. The minimum absolute atomic E-state index is 0.553. The summed E-state index contributed by atoms with van der Waals surface area (Å²) in [6, 6.07) is 7.77. The van der Waals surface area contributed by atoms with E-state index >= 15 is 0 Å². The van der Waals surface area contributed by atoms with E-state index < -0.39 is 0 Å². The number of anilines is 1. The maximum Gasteiger partial charge on any atom is 0.204 e. The van der Waals surface area contributed by atoms with E-state index in [-0.39, 0.29) is 0 Å². The Hall–Kier alpha value is -2.70. The van der Waals surface area contributed by atoms with Gasteiger partial charge in [-0.15, -0.1) is 10.2 Å². The van der Waals surface area contributed by atoms with Gasteiger partial charge in [0.25, 0.3) is 0 Å². The summed E-state index contributed by atoms with van der Waals surface area (Å²) >= 11 is 0. The summed E-state index contributed by atoms with van der Waals surface area (Å²) in [4.78, 5) is 0. The highest BCUT2D eigenvalue weighted by Gasteiger charge is 2.10. The van der Waals surface area contributed by atoms with Gasteiger partial charge in [0.1, 0.15) is 0 Å². The standard InChI is InChI=1S/C11H11N7/c1-18-10(9(12)6-13-18)7-3-2-4-8(5-7)11-14-16-17-15-11/h2-6H,12H2,1H3,(H,14,15,16,17). The lowest BCUT2D eigenvalue weighted by atomic mass is 10.1. The van der Waals surface area contributed by atoms with Gasteiger partial charge >= 0.3 is 0 Å². The molecule has 0 saturated carbocycles. The molecular weight excluding hydrogens is 230 g/mol. The lowest BCUT2D eigenvalue weighted by Crippen LogP contribution is -1.96. The van der Waals surface area contributed by atoms with Gasteiger partial charge in [-0.25, -0.2) is 0 Å². The van der Waals surface area contributed by atoms with Gasteiger partial charge in [0.15, 0.2) is 0 Å². The second-order valence-electron chi connectivity index (χ2n) is 3.89. The third kappa shape index (κ3) is 1.61. The van der Waals surface area contributed by atoms with Crippen LogP contribution in [0, 0.1) is 0 Å². The number of benzene rings is 1. The zero-order valence-electron chi connectivity index (χ0n) is 9.70. The quantitative estimate of drug-likeness (QED) is 0.693. The molecule has 1 aromatic carbocycles. The molecule has 0 spiro atoms. The lowest BCUT2D eigenvalue weighted by molar-refractivity contribution is 0.776. The van der Waals surface area contributed by atoms with Crippen LogP contribution in [0.4, 0.5) is 5.69 Å². The highest BCUT2D eigenvalue weighted by molar-refractivity contribution is 5.75. The van der Waals surface area contributed by atoms with Crippen molar-refractivity contribution in [2.45, 2.75) is 0 Å². The molecule has 3 N–H and O–H groups in total. The molecule has 0 unspecified atom stereocenters. The predicted molar refractivity (Wildman–Crippen MR) is 66.2 cm³/mol. The fourth-order valence-electron chi connectivity index (χ4n) is 1.90. The van der Waals surface area contributed by atoms with Crippen molar-refractivity contribution >= 4 is 5.69 Å². The predicted octanol–water partition coefficient (Wildman–Crippen LogP) is 0.849. The second-order valence-corrected chi connectivity index (χ2v) is 3.89. The van der Waals surface area contributed by atoms with Crippen LogP contribution in [0.25, 0.3) is 22.6 Å². The molecule has 18 heavy (non-hydrogen) atoms. The number of nitrogens with one attached hydrogen (secondary N) is 1. The van der Waals surface area contributed by atoms with Crippen LogP contribution in [-0.2, 0) is 7.05 Å². The SMILES string of the molecule is Cn1ncc(N)c1-c1cccc(-c2nn[nH]n2)c1. The molecule has 0 radical (unpaired) electrons. The van der Waals surface area contributed by atoms with Crippen LogP contribution in [0.5, 0.6) is 0 Å². The van der Waals surface area contributed by atoms with Crippen molar-refractivity contribution in [2.75, 3.05) is 5.73 Å². The minimum atomic E-state index is 0.553. The molecule has 0 aliphatic rings. The molecule has 0 fully saturated rings. The van der Waals surface area contributed by atoms with E-state index in [0.717, 1.165) is 16.8 Å². The van der Waals surface area contributed by atoms with Crippen molar-refractivity contribution in [1.82, 2.24) is 30.4 Å². The van der Waals surface area contributed by atoms with Gasteiger partial charge in [-0.1, -0.05) is 18.2 Å². The molecule has 2 heterocycles. The topological polar surface area (TPSA) is 98.3 Å². The first-order chi connectivity index (χ1) is 8.75. The maximum atomic E-state index is 5.91. The number of hydrogen-bond donors (Lipinski definition) is 2. The molecule has 0 amide bonds. The van der Waals surface area contributed by atoms with Gasteiger partial charge in [-0.3, -0.25) is 4.68 Å². The van der Waals surface area contributed by atoms with E-state index in [2.05, 4.69) is 25.7 Å². The van der Waals surface area contributed by atoms with Gasteiger partial charge in [0.2, 0.25) is 5.82 Å². The first-order valence-corrected chi connectivity index (χ1v) is 5.37. The van der Waals surface area contributed by atoms with E-state index in [1.165, 1.54) is 0 Å². The summed E-state index contributed by atoms with van der Waals surface area (Å²) in [7, 11) is 1.85. The Morgan fingerprint density at radius 1 is 1.28 bits per heavy atom. The van der Waals surface area contributed by atoms with Crippen LogP contribution in [0.2, 0.25) is 0 Å². The summed E-state index contributed by atoms with van der Waals surface area (Å²) in [5, 5.41) is 18.0. The number of H-pyrrole nitrogens is 1. The molecule has 0 aliphatic heterocycles. The van der Waals surface area contributed by atoms with Crippen molar-refractivity contribution in [3.63, 3.8) is 0 Å². The number of nitrogens with two attached hydrogens (primary N) is 1. The van der Waals surface area contributed by atoms with Gasteiger partial charge in [0.05, 0.1) is 17.6 Å². The van der Waals surface area contributed by atoms with Crippen LogP contribution in [0.1, 0.15) is 0 Å². The van der Waals surface area contributed by atoms with Crippen molar-refractivity contribution in [2.24, 2.45) is 7.05 Å². The zero-order valence-corrected chi connectivity index (χ0v) is 9.70. The molecule has 0 aliphatic carbocycles. The number of aromatic amines is 1. The van der Waals surface area contributed by atoms with E-state index in [4.69, 9.17) is 5.73 Å². The van der Waals surface area contributed by atoms with E-state index in [9.17, 15) is 0 Å². The number of nitrogen functional groups attached to an aromatic ring is 1. The van der Waals surface area contributed by atoms with E-state index in [1.807, 2.05) is 31.3 Å². The molecular formula is C11H11N7. The normalized spacial score (nSPS) is 10.7. The highest BCUT2D eigenvalue weighted by Crippen LogP contribution is 2.27. The van der Waals surface area contributed by atoms with Gasteiger partial charge in [-0.2, -0.15) is 10.3 Å². The molecule has 0 atom stereocenters. The summed E-state index contributed by atoms with van der Waals surface area (Å²) in [5.41, 5.74) is 9.27. The van der Waals surface area contributed by atoms with E-state index in [1.54, 1.807) is 10.9 Å². The maximum absolute atomic E-state index is 5.91. The van der Waals surface area contributed by atoms with Gasteiger partial charge < -0.3 is 5.73 Å². The van der Waals surface area contributed by atoms with Crippen LogP contribution in [0.3, 0.4) is 0 Å². The van der Waals surface area contributed by atoms with Crippen LogP contribution in [-0.4, -0.2) is 30.4 Å². The average molecular weight is 241 g/mol. The van der Waals surface area contributed by atoms with Crippen molar-refractivity contribution in [1.29, 1.82) is 0 Å².